The lowest BCUT2D eigenvalue weighted by atomic mass is 10.0. The van der Waals surface area contributed by atoms with E-state index in [2.05, 4.69) is 65.9 Å². The van der Waals surface area contributed by atoms with Gasteiger partial charge in [-0.2, -0.15) is 0 Å². The number of nitrogens with zero attached hydrogens (tertiary/aromatic N) is 2. The topological polar surface area (TPSA) is 33.3 Å². The van der Waals surface area contributed by atoms with Crippen LogP contribution < -0.4 is 5.32 Å². The minimum Gasteiger partial charge on any atom is -0.467 e. The minimum absolute atomic E-state index is 0.608. The van der Waals surface area contributed by atoms with E-state index in [-0.39, 0.29) is 0 Å². The summed E-state index contributed by atoms with van der Waals surface area (Å²) in [5.41, 5.74) is 6.89. The predicted octanol–water partition coefficient (Wildman–Crippen LogP) is 4.81. The number of likely N-dealkylation sites (tertiary alicyclic amines) is 1. The van der Waals surface area contributed by atoms with Crippen molar-refractivity contribution in [3.05, 3.63) is 82.6 Å². The maximum atomic E-state index is 5.53. The number of rotatable bonds is 7. The van der Waals surface area contributed by atoms with Gasteiger partial charge in [-0.3, -0.25) is 4.90 Å². The maximum absolute atomic E-state index is 5.53. The molecule has 154 valence electrons. The van der Waals surface area contributed by atoms with Crippen LogP contribution in [0.4, 0.5) is 0 Å². The molecule has 1 fully saturated rings. The van der Waals surface area contributed by atoms with Crippen molar-refractivity contribution in [1.29, 1.82) is 0 Å². The van der Waals surface area contributed by atoms with E-state index in [1.165, 1.54) is 54.0 Å². The lowest BCUT2D eigenvalue weighted by Gasteiger charge is -2.32. The molecule has 0 bridgehead atoms. The molecule has 0 aliphatic carbocycles. The van der Waals surface area contributed by atoms with Crippen LogP contribution in [0.3, 0.4) is 0 Å². The Labute approximate surface area is 174 Å². The highest BCUT2D eigenvalue weighted by molar-refractivity contribution is 5.28. The second-order valence-corrected chi connectivity index (χ2v) is 8.42. The lowest BCUT2D eigenvalue weighted by molar-refractivity contribution is 0.190. The van der Waals surface area contributed by atoms with Crippen molar-refractivity contribution in [2.75, 3.05) is 13.1 Å². The SMILES string of the molecule is Cc1ccccc1CN1CCC(NCc2cc(C)n(Cc3ccco3)c2C)CC1. The van der Waals surface area contributed by atoms with Crippen LogP contribution in [0.1, 0.15) is 46.7 Å². The molecule has 0 atom stereocenters. The number of aromatic nitrogens is 1. The number of piperidine rings is 1. The van der Waals surface area contributed by atoms with Crippen LogP contribution in [0.2, 0.25) is 0 Å². The number of furan rings is 1. The Hall–Kier alpha value is -2.30. The van der Waals surface area contributed by atoms with Gasteiger partial charge in [0.25, 0.3) is 0 Å². The molecule has 1 N–H and O–H groups in total. The van der Waals surface area contributed by atoms with Crippen LogP contribution in [-0.2, 0) is 19.6 Å². The standard InChI is InChI=1S/C25H33N3O/c1-19-7-4-5-8-22(19)17-27-12-10-24(11-13-27)26-16-23-15-20(2)28(21(23)3)18-25-9-6-14-29-25/h4-9,14-15,24,26H,10-13,16-18H2,1-3H3. The highest BCUT2D eigenvalue weighted by Crippen LogP contribution is 2.20. The molecule has 0 unspecified atom stereocenters. The monoisotopic (exact) mass is 391 g/mol. The normalized spacial score (nSPS) is 15.8. The molecule has 2 aromatic heterocycles. The van der Waals surface area contributed by atoms with Gasteiger partial charge in [0.15, 0.2) is 0 Å². The first-order chi connectivity index (χ1) is 14.1. The Balaban J connectivity index is 1.28. The van der Waals surface area contributed by atoms with Crippen LogP contribution in [0.5, 0.6) is 0 Å². The molecular weight excluding hydrogens is 358 g/mol. The molecule has 0 radical (unpaired) electrons. The van der Waals surface area contributed by atoms with Crippen LogP contribution in [-0.4, -0.2) is 28.6 Å². The van der Waals surface area contributed by atoms with Gasteiger partial charge in [0.2, 0.25) is 0 Å². The van der Waals surface area contributed by atoms with E-state index in [9.17, 15) is 0 Å². The van der Waals surface area contributed by atoms with Gasteiger partial charge in [-0.15, -0.1) is 0 Å². The van der Waals surface area contributed by atoms with Gasteiger partial charge < -0.3 is 14.3 Å². The highest BCUT2D eigenvalue weighted by Gasteiger charge is 2.20. The van der Waals surface area contributed by atoms with E-state index in [4.69, 9.17) is 4.42 Å². The van der Waals surface area contributed by atoms with E-state index in [1.807, 2.05) is 12.1 Å². The quantitative estimate of drug-likeness (QED) is 0.627. The molecule has 1 aliphatic rings. The lowest BCUT2D eigenvalue weighted by Crippen LogP contribution is -2.42. The first-order valence-electron chi connectivity index (χ1n) is 10.8. The van der Waals surface area contributed by atoms with Crippen LogP contribution in [0.15, 0.2) is 53.1 Å². The van der Waals surface area contributed by atoms with Gasteiger partial charge in [0.1, 0.15) is 5.76 Å². The van der Waals surface area contributed by atoms with Crippen molar-refractivity contribution in [2.45, 2.75) is 59.3 Å². The fourth-order valence-electron chi connectivity index (χ4n) is 4.43. The number of hydrogen-bond acceptors (Lipinski definition) is 3. The van der Waals surface area contributed by atoms with E-state index in [0.717, 1.165) is 25.4 Å². The third-order valence-electron chi connectivity index (χ3n) is 6.40. The van der Waals surface area contributed by atoms with Crippen LogP contribution in [0, 0.1) is 20.8 Å². The third-order valence-corrected chi connectivity index (χ3v) is 6.40. The Morgan fingerprint density at radius 2 is 1.76 bits per heavy atom. The summed E-state index contributed by atoms with van der Waals surface area (Å²) in [6.07, 6.45) is 4.19. The van der Waals surface area contributed by atoms with Gasteiger partial charge in [-0.1, -0.05) is 24.3 Å². The van der Waals surface area contributed by atoms with Crippen molar-refractivity contribution in [3.8, 4) is 0 Å². The smallest absolute Gasteiger partial charge is 0.123 e. The zero-order valence-corrected chi connectivity index (χ0v) is 17.9. The van der Waals surface area contributed by atoms with Gasteiger partial charge in [0, 0.05) is 30.5 Å². The summed E-state index contributed by atoms with van der Waals surface area (Å²) >= 11 is 0. The zero-order chi connectivity index (χ0) is 20.2. The fourth-order valence-corrected chi connectivity index (χ4v) is 4.43. The molecule has 0 saturated carbocycles. The van der Waals surface area contributed by atoms with Crippen LogP contribution in [0.25, 0.3) is 0 Å². The molecule has 1 saturated heterocycles. The summed E-state index contributed by atoms with van der Waals surface area (Å²) < 4.78 is 7.88. The summed E-state index contributed by atoms with van der Waals surface area (Å²) in [5, 5.41) is 3.81. The largest absolute Gasteiger partial charge is 0.467 e. The average Bonchev–Trinajstić information content (AvgIpc) is 3.33. The van der Waals surface area contributed by atoms with Gasteiger partial charge in [-0.05, 0) is 81.6 Å². The molecule has 3 aromatic rings. The summed E-state index contributed by atoms with van der Waals surface area (Å²) in [6, 6.07) is 15.7. The molecule has 0 amide bonds. The zero-order valence-electron chi connectivity index (χ0n) is 17.9. The second kappa shape index (κ2) is 9.02. The Morgan fingerprint density at radius 3 is 2.48 bits per heavy atom. The average molecular weight is 392 g/mol. The van der Waals surface area contributed by atoms with Crippen molar-refractivity contribution in [3.63, 3.8) is 0 Å². The number of aryl methyl sites for hydroxylation is 2. The predicted molar refractivity (Wildman–Crippen MR) is 118 cm³/mol. The van der Waals surface area contributed by atoms with Crippen molar-refractivity contribution >= 4 is 0 Å². The van der Waals surface area contributed by atoms with E-state index in [0.29, 0.717) is 6.04 Å². The van der Waals surface area contributed by atoms with Gasteiger partial charge >= 0.3 is 0 Å². The number of nitrogens with one attached hydrogen (secondary N) is 1. The summed E-state index contributed by atoms with van der Waals surface area (Å²) in [5.74, 6) is 1.01. The Kier molecular flexibility index (Phi) is 6.22. The molecule has 1 aromatic carbocycles. The highest BCUT2D eigenvalue weighted by atomic mass is 16.3. The number of hydrogen-bond donors (Lipinski definition) is 1. The van der Waals surface area contributed by atoms with E-state index in [1.54, 1.807) is 6.26 Å². The molecule has 4 nitrogen and oxygen atoms in total. The molecule has 1 aliphatic heterocycles. The first-order valence-corrected chi connectivity index (χ1v) is 10.8. The first kappa shape index (κ1) is 20.0. The summed E-state index contributed by atoms with van der Waals surface area (Å²) in [4.78, 5) is 2.59. The van der Waals surface area contributed by atoms with Crippen molar-refractivity contribution in [1.82, 2.24) is 14.8 Å². The fraction of sp³-hybridized carbons (Fsp3) is 0.440. The summed E-state index contributed by atoms with van der Waals surface area (Å²) in [7, 11) is 0. The molecule has 3 heterocycles. The Morgan fingerprint density at radius 1 is 0.966 bits per heavy atom. The van der Waals surface area contributed by atoms with Crippen LogP contribution >= 0.6 is 0 Å². The maximum Gasteiger partial charge on any atom is 0.123 e. The minimum atomic E-state index is 0.608. The van der Waals surface area contributed by atoms with Gasteiger partial charge in [0.05, 0.1) is 12.8 Å². The van der Waals surface area contributed by atoms with Crippen molar-refractivity contribution in [2.24, 2.45) is 0 Å². The summed E-state index contributed by atoms with van der Waals surface area (Å²) in [6.45, 7) is 11.8. The Bertz CT molecular complexity index is 918. The molecule has 0 spiro atoms. The van der Waals surface area contributed by atoms with Gasteiger partial charge in [-0.25, -0.2) is 0 Å². The van der Waals surface area contributed by atoms with Crippen molar-refractivity contribution < 1.29 is 4.42 Å². The molecule has 4 rings (SSSR count). The number of benzene rings is 1. The second-order valence-electron chi connectivity index (χ2n) is 8.42. The van der Waals surface area contributed by atoms with E-state index < -0.39 is 0 Å². The third kappa shape index (κ3) is 4.82. The molecule has 4 heteroatoms. The van der Waals surface area contributed by atoms with E-state index >= 15 is 0 Å². The molecule has 29 heavy (non-hydrogen) atoms. The molecular formula is C25H33N3O.